The van der Waals surface area contributed by atoms with E-state index in [9.17, 15) is 9.90 Å². The third kappa shape index (κ3) is 2.81. The van der Waals surface area contributed by atoms with E-state index in [0.717, 1.165) is 5.69 Å². The van der Waals surface area contributed by atoms with Crippen LogP contribution in [0.1, 0.15) is 6.92 Å². The van der Waals surface area contributed by atoms with Crippen molar-refractivity contribution in [1.82, 2.24) is 4.90 Å². The van der Waals surface area contributed by atoms with Crippen molar-refractivity contribution in [3.8, 4) is 0 Å². The minimum atomic E-state index is -0.618. The number of anilines is 1. The maximum atomic E-state index is 11.6. The Labute approximate surface area is 94.9 Å². The number of aliphatic hydroxyl groups is 1. The molecule has 0 atom stereocenters. The first-order valence-electron chi connectivity index (χ1n) is 5.35. The molecule has 86 valence electrons. The van der Waals surface area contributed by atoms with Crippen LogP contribution in [-0.4, -0.2) is 41.1 Å². The van der Waals surface area contributed by atoms with Crippen LogP contribution in [0.5, 0.6) is 0 Å². The Hall–Kier alpha value is -1.39. The molecule has 16 heavy (non-hydrogen) atoms. The Bertz CT molecular complexity index is 368. The molecule has 1 aliphatic heterocycles. The molecule has 2 N–H and O–H groups in total. The largest absolute Gasteiger partial charge is 0.388 e. The van der Waals surface area contributed by atoms with Crippen LogP contribution >= 0.6 is 0 Å². The monoisotopic (exact) mass is 220 g/mol. The number of likely N-dealkylation sites (tertiary alicyclic amines) is 1. The number of carbonyl (C=O) groups is 1. The smallest absolute Gasteiger partial charge is 0.238 e. The predicted molar refractivity (Wildman–Crippen MR) is 62.1 cm³/mol. The number of amides is 1. The van der Waals surface area contributed by atoms with Crippen molar-refractivity contribution in [1.29, 1.82) is 0 Å². The van der Waals surface area contributed by atoms with Crippen LogP contribution in [0.2, 0.25) is 0 Å². The van der Waals surface area contributed by atoms with Crippen molar-refractivity contribution < 1.29 is 9.90 Å². The van der Waals surface area contributed by atoms with Crippen LogP contribution in [-0.2, 0) is 4.79 Å². The summed E-state index contributed by atoms with van der Waals surface area (Å²) < 4.78 is 0. The van der Waals surface area contributed by atoms with Crippen LogP contribution < -0.4 is 5.32 Å². The summed E-state index contributed by atoms with van der Waals surface area (Å²) in [5.41, 5.74) is 0.187. The predicted octanol–water partition coefficient (Wildman–Crippen LogP) is 0.692. The highest BCUT2D eigenvalue weighted by Crippen LogP contribution is 2.19. The molecule has 4 heteroatoms. The fourth-order valence-electron chi connectivity index (χ4n) is 1.95. The zero-order chi connectivity index (χ0) is 11.6. The second kappa shape index (κ2) is 4.23. The van der Waals surface area contributed by atoms with Crippen molar-refractivity contribution in [3.05, 3.63) is 30.3 Å². The zero-order valence-corrected chi connectivity index (χ0v) is 9.31. The van der Waals surface area contributed by atoms with E-state index in [1.165, 1.54) is 0 Å². The van der Waals surface area contributed by atoms with Crippen molar-refractivity contribution >= 4 is 11.6 Å². The van der Waals surface area contributed by atoms with Gasteiger partial charge >= 0.3 is 0 Å². The number of nitrogens with one attached hydrogen (secondary N) is 1. The van der Waals surface area contributed by atoms with Gasteiger partial charge in [-0.2, -0.15) is 0 Å². The molecule has 4 nitrogen and oxygen atoms in total. The molecule has 1 saturated heterocycles. The van der Waals surface area contributed by atoms with E-state index >= 15 is 0 Å². The zero-order valence-electron chi connectivity index (χ0n) is 9.31. The molecule has 0 radical (unpaired) electrons. The van der Waals surface area contributed by atoms with Gasteiger partial charge in [-0.1, -0.05) is 18.2 Å². The summed E-state index contributed by atoms with van der Waals surface area (Å²) in [4.78, 5) is 13.5. The van der Waals surface area contributed by atoms with E-state index in [1.807, 2.05) is 35.2 Å². The van der Waals surface area contributed by atoms with Gasteiger partial charge in [0, 0.05) is 18.8 Å². The molecule has 2 rings (SSSR count). The molecule has 0 aromatic heterocycles. The molecule has 1 fully saturated rings. The van der Waals surface area contributed by atoms with Crippen LogP contribution in [0, 0.1) is 0 Å². The molecule has 0 bridgehead atoms. The fraction of sp³-hybridized carbons (Fsp3) is 0.417. The summed E-state index contributed by atoms with van der Waals surface area (Å²) in [5.74, 6) is -0.0401. The maximum absolute atomic E-state index is 11.6. The second-order valence-corrected chi connectivity index (χ2v) is 4.56. The number of benzene rings is 1. The summed E-state index contributed by atoms with van der Waals surface area (Å²) in [6.45, 7) is 3.24. The Morgan fingerprint density at radius 1 is 1.44 bits per heavy atom. The van der Waals surface area contributed by atoms with Gasteiger partial charge in [-0.05, 0) is 19.1 Å². The van der Waals surface area contributed by atoms with E-state index in [0.29, 0.717) is 19.6 Å². The third-order valence-electron chi connectivity index (χ3n) is 2.55. The molecule has 1 heterocycles. The summed E-state index contributed by atoms with van der Waals surface area (Å²) in [7, 11) is 0. The molecule has 0 spiro atoms. The molecule has 0 aliphatic carbocycles. The van der Waals surface area contributed by atoms with Gasteiger partial charge in [0.05, 0.1) is 12.1 Å². The van der Waals surface area contributed by atoms with Crippen molar-refractivity contribution in [2.75, 3.05) is 25.0 Å². The molecular formula is C12H16N2O2. The Morgan fingerprint density at radius 3 is 2.62 bits per heavy atom. The Kier molecular flexibility index (Phi) is 2.94. The van der Waals surface area contributed by atoms with Crippen LogP contribution in [0.25, 0.3) is 0 Å². The molecule has 0 unspecified atom stereocenters. The average molecular weight is 220 g/mol. The number of para-hydroxylation sites is 1. The number of hydrogen-bond donors (Lipinski definition) is 2. The normalized spacial score (nSPS) is 18.9. The van der Waals surface area contributed by atoms with Gasteiger partial charge in [0.25, 0.3) is 0 Å². The number of β-amino-alcohol motifs (C(OH)–C–C–N with tert-alkyl or cyclic N) is 1. The van der Waals surface area contributed by atoms with E-state index in [2.05, 4.69) is 5.32 Å². The van der Waals surface area contributed by atoms with Crippen molar-refractivity contribution in [2.45, 2.75) is 12.5 Å². The lowest BCUT2D eigenvalue weighted by atomic mass is 9.97. The first kappa shape index (κ1) is 11.1. The van der Waals surface area contributed by atoms with E-state index in [1.54, 1.807) is 6.92 Å². The van der Waals surface area contributed by atoms with Gasteiger partial charge in [-0.15, -0.1) is 0 Å². The molecule has 1 aromatic rings. The molecule has 1 aliphatic rings. The van der Waals surface area contributed by atoms with Crippen molar-refractivity contribution in [2.24, 2.45) is 0 Å². The standard InChI is InChI=1S/C12H16N2O2/c1-12(16)8-14(9-12)7-11(15)13-10-5-3-2-4-6-10/h2-6,16H,7-9H2,1H3,(H,13,15). The Balaban J connectivity index is 1.78. The summed E-state index contributed by atoms with van der Waals surface area (Å²) in [6.07, 6.45) is 0. The first-order valence-corrected chi connectivity index (χ1v) is 5.35. The maximum Gasteiger partial charge on any atom is 0.238 e. The minimum Gasteiger partial charge on any atom is -0.388 e. The number of nitrogens with zero attached hydrogens (tertiary/aromatic N) is 1. The van der Waals surface area contributed by atoms with E-state index < -0.39 is 5.60 Å². The topological polar surface area (TPSA) is 52.6 Å². The third-order valence-corrected chi connectivity index (χ3v) is 2.55. The highest BCUT2D eigenvalue weighted by Gasteiger charge is 2.36. The second-order valence-electron chi connectivity index (χ2n) is 4.56. The van der Waals surface area contributed by atoms with E-state index in [-0.39, 0.29) is 5.91 Å². The number of carbonyl (C=O) groups excluding carboxylic acids is 1. The van der Waals surface area contributed by atoms with Gasteiger partial charge in [-0.25, -0.2) is 0 Å². The lowest BCUT2D eigenvalue weighted by Gasteiger charge is -2.43. The molecule has 1 amide bonds. The number of hydrogen-bond acceptors (Lipinski definition) is 3. The molecule has 1 aromatic carbocycles. The van der Waals surface area contributed by atoms with Gasteiger partial charge in [0.2, 0.25) is 5.91 Å². The fourth-order valence-corrected chi connectivity index (χ4v) is 1.95. The van der Waals surface area contributed by atoms with E-state index in [4.69, 9.17) is 0 Å². The van der Waals surface area contributed by atoms with Crippen LogP contribution in [0.3, 0.4) is 0 Å². The lowest BCUT2D eigenvalue weighted by Crippen LogP contribution is -2.61. The minimum absolute atomic E-state index is 0.0401. The van der Waals surface area contributed by atoms with Gasteiger partial charge in [-0.3, -0.25) is 9.69 Å². The molecular weight excluding hydrogens is 204 g/mol. The van der Waals surface area contributed by atoms with Crippen LogP contribution in [0.15, 0.2) is 30.3 Å². The summed E-state index contributed by atoms with van der Waals surface area (Å²) in [6, 6.07) is 9.37. The van der Waals surface area contributed by atoms with Gasteiger partial charge < -0.3 is 10.4 Å². The first-order chi connectivity index (χ1) is 7.55. The summed E-state index contributed by atoms with van der Waals surface area (Å²) in [5, 5.41) is 12.3. The Morgan fingerprint density at radius 2 is 2.06 bits per heavy atom. The molecule has 0 saturated carbocycles. The lowest BCUT2D eigenvalue weighted by molar-refractivity contribution is -0.125. The van der Waals surface area contributed by atoms with Gasteiger partial charge in [0.1, 0.15) is 0 Å². The SMILES string of the molecule is CC1(O)CN(CC(=O)Nc2ccccc2)C1. The quantitative estimate of drug-likeness (QED) is 0.788. The highest BCUT2D eigenvalue weighted by atomic mass is 16.3. The number of rotatable bonds is 3. The summed E-state index contributed by atoms with van der Waals surface area (Å²) >= 11 is 0. The van der Waals surface area contributed by atoms with Gasteiger partial charge in [0.15, 0.2) is 0 Å². The average Bonchev–Trinajstić information content (AvgIpc) is 2.16. The van der Waals surface area contributed by atoms with Crippen molar-refractivity contribution in [3.63, 3.8) is 0 Å². The highest BCUT2D eigenvalue weighted by molar-refractivity contribution is 5.92. The van der Waals surface area contributed by atoms with Crippen LogP contribution in [0.4, 0.5) is 5.69 Å².